The fourth-order valence-electron chi connectivity index (χ4n) is 3.80. The summed E-state index contributed by atoms with van der Waals surface area (Å²) in [6, 6.07) is 14.8. The maximum absolute atomic E-state index is 5.61. The largest absolute Gasteiger partial charge is 0.379 e. The summed E-state index contributed by atoms with van der Waals surface area (Å²) in [5.74, 6) is 1.87. The summed E-state index contributed by atoms with van der Waals surface area (Å²) in [6.45, 7) is 3.48. The van der Waals surface area contributed by atoms with Crippen LogP contribution < -0.4 is 0 Å². The molecule has 27 heavy (non-hydrogen) atoms. The van der Waals surface area contributed by atoms with Gasteiger partial charge in [-0.2, -0.15) is 0 Å². The third kappa shape index (κ3) is 2.64. The van der Waals surface area contributed by atoms with Gasteiger partial charge in [0.2, 0.25) is 0 Å². The van der Waals surface area contributed by atoms with E-state index < -0.39 is 0 Å². The number of nitrogens with one attached hydrogen (secondary N) is 1. The van der Waals surface area contributed by atoms with Crippen molar-refractivity contribution in [1.29, 1.82) is 0 Å². The molecule has 0 unspecified atom stereocenters. The molecule has 3 heterocycles. The van der Waals surface area contributed by atoms with Gasteiger partial charge in [-0.25, -0.2) is 4.98 Å². The molecule has 1 N–H and O–H groups in total. The van der Waals surface area contributed by atoms with Crippen molar-refractivity contribution in [3.05, 3.63) is 65.7 Å². The summed E-state index contributed by atoms with van der Waals surface area (Å²) >= 11 is 0. The third-order valence-electron chi connectivity index (χ3n) is 5.52. The Balaban J connectivity index is 1.54. The lowest BCUT2D eigenvalue weighted by Gasteiger charge is -2.41. The maximum Gasteiger partial charge on any atom is 0.138 e. The molecule has 0 bridgehead atoms. The number of hydrogen-bond acceptors (Lipinski definition) is 4. The number of nitrogens with zero attached hydrogens (tertiary/aromatic N) is 4. The van der Waals surface area contributed by atoms with Crippen molar-refractivity contribution in [2.45, 2.75) is 18.8 Å². The average Bonchev–Trinajstić information content (AvgIpc) is 3.25. The highest BCUT2D eigenvalue weighted by atomic mass is 16.5. The fraction of sp³-hybridized carbons (Fsp3) is 0.286. The Bertz CT molecular complexity index is 1120. The molecule has 0 amide bonds. The van der Waals surface area contributed by atoms with Gasteiger partial charge in [-0.1, -0.05) is 30.3 Å². The molecule has 0 atom stereocenters. The number of benzene rings is 2. The number of fused-ring (bicyclic) bond motifs is 1. The Morgan fingerprint density at radius 2 is 2.04 bits per heavy atom. The fourth-order valence-corrected chi connectivity index (χ4v) is 3.80. The molecule has 6 heteroatoms. The summed E-state index contributed by atoms with van der Waals surface area (Å²) < 4.78 is 7.59. The first-order chi connectivity index (χ1) is 13.1. The van der Waals surface area contributed by atoms with E-state index in [4.69, 9.17) is 9.72 Å². The van der Waals surface area contributed by atoms with E-state index in [1.54, 1.807) is 6.33 Å². The van der Waals surface area contributed by atoms with E-state index in [1.165, 1.54) is 11.1 Å². The van der Waals surface area contributed by atoms with Crippen LogP contribution in [0.25, 0.3) is 22.4 Å². The van der Waals surface area contributed by atoms with Crippen molar-refractivity contribution in [3.8, 4) is 11.4 Å². The van der Waals surface area contributed by atoms with Gasteiger partial charge in [-0.3, -0.25) is 0 Å². The second kappa shape index (κ2) is 6.03. The van der Waals surface area contributed by atoms with Crippen molar-refractivity contribution in [2.24, 2.45) is 7.05 Å². The Hall–Kier alpha value is -2.99. The summed E-state index contributed by atoms with van der Waals surface area (Å²) in [7, 11) is 1.98. The number of aryl methyl sites for hydroxylation is 2. The number of ether oxygens (including phenoxy) is 1. The van der Waals surface area contributed by atoms with Gasteiger partial charge >= 0.3 is 0 Å². The molecule has 1 aliphatic rings. The van der Waals surface area contributed by atoms with E-state index in [-0.39, 0.29) is 5.41 Å². The average molecular weight is 359 g/mol. The van der Waals surface area contributed by atoms with Crippen LogP contribution in [0.1, 0.15) is 17.0 Å². The molecule has 1 saturated heterocycles. The van der Waals surface area contributed by atoms with Crippen molar-refractivity contribution >= 4 is 11.0 Å². The predicted molar refractivity (Wildman–Crippen MR) is 103 cm³/mol. The summed E-state index contributed by atoms with van der Waals surface area (Å²) in [5, 5.41) is 8.28. The van der Waals surface area contributed by atoms with Crippen molar-refractivity contribution in [1.82, 2.24) is 24.7 Å². The molecule has 0 radical (unpaired) electrons. The molecule has 2 aromatic heterocycles. The molecule has 0 spiro atoms. The highest BCUT2D eigenvalue weighted by Crippen LogP contribution is 2.37. The van der Waals surface area contributed by atoms with Crippen molar-refractivity contribution < 1.29 is 4.74 Å². The van der Waals surface area contributed by atoms with E-state index in [0.717, 1.165) is 34.7 Å². The normalized spacial score (nSPS) is 15.8. The second-order valence-electron chi connectivity index (χ2n) is 7.45. The van der Waals surface area contributed by atoms with Gasteiger partial charge in [-0.05, 0) is 30.2 Å². The van der Waals surface area contributed by atoms with Crippen LogP contribution in [0.5, 0.6) is 0 Å². The number of aromatic amines is 1. The first-order valence-electron chi connectivity index (χ1n) is 9.11. The highest BCUT2D eigenvalue weighted by molar-refractivity contribution is 5.82. The quantitative estimate of drug-likeness (QED) is 0.608. The number of aromatic nitrogens is 5. The number of H-pyrrole nitrogens is 1. The minimum atomic E-state index is -0.0568. The van der Waals surface area contributed by atoms with E-state index in [1.807, 2.05) is 11.6 Å². The Kier molecular flexibility index (Phi) is 3.62. The van der Waals surface area contributed by atoms with Crippen LogP contribution in [0.15, 0.2) is 48.8 Å². The lowest BCUT2D eigenvalue weighted by atomic mass is 9.75. The molecule has 0 saturated carbocycles. The van der Waals surface area contributed by atoms with Crippen LogP contribution in [0.2, 0.25) is 0 Å². The lowest BCUT2D eigenvalue weighted by Crippen LogP contribution is -2.49. The minimum absolute atomic E-state index is 0.0568. The monoisotopic (exact) mass is 359 g/mol. The van der Waals surface area contributed by atoms with Gasteiger partial charge in [0.25, 0.3) is 0 Å². The molecule has 0 aliphatic carbocycles. The first kappa shape index (κ1) is 16.2. The van der Waals surface area contributed by atoms with E-state index >= 15 is 0 Å². The SMILES string of the molecule is Cc1cccc2[nH]c(-c3cccc(C4(Cc5nncn5C)COC4)c3)nc12. The molecule has 2 aromatic carbocycles. The van der Waals surface area contributed by atoms with Crippen LogP contribution in [0.3, 0.4) is 0 Å². The van der Waals surface area contributed by atoms with Crippen LogP contribution in [0, 0.1) is 6.92 Å². The van der Waals surface area contributed by atoms with Gasteiger partial charge in [0, 0.05) is 24.4 Å². The molecular weight excluding hydrogens is 338 g/mol. The van der Waals surface area contributed by atoms with Gasteiger partial charge in [0.1, 0.15) is 18.0 Å². The number of imidazole rings is 1. The Morgan fingerprint density at radius 1 is 1.19 bits per heavy atom. The van der Waals surface area contributed by atoms with Gasteiger partial charge in [-0.15, -0.1) is 10.2 Å². The molecule has 136 valence electrons. The predicted octanol–water partition coefficient (Wildman–Crippen LogP) is 3.18. The van der Waals surface area contributed by atoms with E-state index in [2.05, 4.69) is 64.6 Å². The minimum Gasteiger partial charge on any atom is -0.379 e. The third-order valence-corrected chi connectivity index (χ3v) is 5.52. The smallest absolute Gasteiger partial charge is 0.138 e. The van der Waals surface area contributed by atoms with Gasteiger partial charge in [0.15, 0.2) is 0 Å². The van der Waals surface area contributed by atoms with Gasteiger partial charge < -0.3 is 14.3 Å². The van der Waals surface area contributed by atoms with Crippen molar-refractivity contribution in [2.75, 3.05) is 13.2 Å². The van der Waals surface area contributed by atoms with E-state index in [0.29, 0.717) is 13.2 Å². The van der Waals surface area contributed by atoms with Crippen LogP contribution in [-0.2, 0) is 23.6 Å². The zero-order valence-electron chi connectivity index (χ0n) is 15.4. The highest BCUT2D eigenvalue weighted by Gasteiger charge is 2.41. The van der Waals surface area contributed by atoms with Crippen LogP contribution >= 0.6 is 0 Å². The first-order valence-corrected chi connectivity index (χ1v) is 9.11. The molecule has 4 aromatic rings. The summed E-state index contributed by atoms with van der Waals surface area (Å²) in [4.78, 5) is 8.28. The number of rotatable bonds is 4. The number of para-hydroxylation sites is 1. The number of hydrogen-bond donors (Lipinski definition) is 1. The topological polar surface area (TPSA) is 68.6 Å². The molecular formula is C21H21N5O. The zero-order chi connectivity index (χ0) is 18.4. The molecule has 1 fully saturated rings. The second-order valence-corrected chi connectivity index (χ2v) is 7.45. The standard InChI is InChI=1S/C21H21N5O/c1-14-5-3-8-17-19(14)24-20(23-17)15-6-4-7-16(9-15)21(11-27-12-21)10-18-25-22-13-26(18)2/h3-9,13H,10-12H2,1-2H3,(H,23,24). The lowest BCUT2D eigenvalue weighted by molar-refractivity contribution is -0.0611. The van der Waals surface area contributed by atoms with Crippen LogP contribution in [0.4, 0.5) is 0 Å². The maximum atomic E-state index is 5.61. The van der Waals surface area contributed by atoms with Crippen LogP contribution in [-0.4, -0.2) is 37.9 Å². The van der Waals surface area contributed by atoms with E-state index in [9.17, 15) is 0 Å². The molecule has 5 rings (SSSR count). The molecule has 6 nitrogen and oxygen atoms in total. The Labute approximate surface area is 157 Å². The zero-order valence-corrected chi connectivity index (χ0v) is 15.4. The Morgan fingerprint density at radius 3 is 2.74 bits per heavy atom. The summed E-state index contributed by atoms with van der Waals surface area (Å²) in [5.41, 5.74) is 5.56. The summed E-state index contributed by atoms with van der Waals surface area (Å²) in [6.07, 6.45) is 2.56. The van der Waals surface area contributed by atoms with Gasteiger partial charge in [0.05, 0.1) is 24.2 Å². The molecule has 1 aliphatic heterocycles. The van der Waals surface area contributed by atoms with Crippen molar-refractivity contribution in [3.63, 3.8) is 0 Å².